The molecule has 51 heavy (non-hydrogen) atoms. The monoisotopic (exact) mass is 715 g/mol. The zero-order chi connectivity index (χ0) is 37.3. The predicted octanol–water partition coefficient (Wildman–Crippen LogP) is 0.0350. The Morgan fingerprint density at radius 2 is 1.59 bits per heavy atom. The van der Waals surface area contributed by atoms with E-state index >= 15 is 0 Å². The molecule has 0 radical (unpaired) electrons. The van der Waals surface area contributed by atoms with Gasteiger partial charge in [0.15, 0.2) is 12.1 Å². The van der Waals surface area contributed by atoms with Crippen LogP contribution in [0.15, 0.2) is 18.2 Å². The number of aromatic hydroxyl groups is 1. The van der Waals surface area contributed by atoms with Gasteiger partial charge in [0.25, 0.3) is 0 Å². The maximum atomic E-state index is 14.6. The second kappa shape index (κ2) is 12.0. The smallest absolute Gasteiger partial charge is 0.228 e. The van der Waals surface area contributed by atoms with E-state index < -0.39 is 95.5 Å². The van der Waals surface area contributed by atoms with Gasteiger partial charge in [0, 0.05) is 42.9 Å². The molecule has 0 spiro atoms. The van der Waals surface area contributed by atoms with Gasteiger partial charge in [0.2, 0.25) is 12.1 Å². The molecule has 0 amide bonds. The minimum absolute atomic E-state index is 0.0132. The number of carbonyl (C=O) groups excluding carboxylic acids is 2. The first-order valence-corrected chi connectivity index (χ1v) is 16.8. The zero-order valence-electron chi connectivity index (χ0n) is 29.6. The summed E-state index contributed by atoms with van der Waals surface area (Å²) in [7, 11) is 6.04. The van der Waals surface area contributed by atoms with Crippen molar-refractivity contribution in [1.29, 1.82) is 0 Å². The zero-order valence-corrected chi connectivity index (χ0v) is 29.6. The number of rotatable bonds is 5. The highest BCUT2D eigenvalue weighted by molar-refractivity contribution is 6.30. The molecule has 7 rings (SSSR count). The van der Waals surface area contributed by atoms with Crippen molar-refractivity contribution < 1.29 is 68.6 Å². The molecule has 0 unspecified atom stereocenters. The summed E-state index contributed by atoms with van der Waals surface area (Å²) in [6, 6.07) is 3.66. The second-order valence-corrected chi connectivity index (χ2v) is 15.1. The molecule has 2 aliphatic carbocycles. The number of phenols is 1. The van der Waals surface area contributed by atoms with E-state index in [4.69, 9.17) is 28.4 Å². The van der Waals surface area contributed by atoms with Crippen molar-refractivity contribution in [3.8, 4) is 11.5 Å². The number of ether oxygens (including phenoxy) is 6. The number of hydrogen-bond donors (Lipinski definition) is 6. The van der Waals surface area contributed by atoms with Crippen LogP contribution in [-0.2, 0) is 35.7 Å². The molecule has 0 saturated carbocycles. The molecule has 15 heteroatoms. The lowest BCUT2D eigenvalue weighted by Crippen LogP contribution is -2.68. The maximum Gasteiger partial charge on any atom is 0.228 e. The highest BCUT2D eigenvalue weighted by atomic mass is 16.7. The van der Waals surface area contributed by atoms with Gasteiger partial charge in [-0.05, 0) is 59.5 Å². The van der Waals surface area contributed by atoms with Crippen molar-refractivity contribution in [1.82, 2.24) is 4.90 Å². The second-order valence-electron chi connectivity index (χ2n) is 15.1. The Bertz CT molecular complexity index is 1790. The quantitative estimate of drug-likeness (QED) is 0.206. The van der Waals surface area contributed by atoms with Crippen LogP contribution in [-0.4, -0.2) is 142 Å². The number of aliphatic hydroxyl groups is 5. The van der Waals surface area contributed by atoms with E-state index in [2.05, 4.69) is 0 Å². The lowest BCUT2D eigenvalue weighted by atomic mass is 9.71. The van der Waals surface area contributed by atoms with Gasteiger partial charge in [-0.15, -0.1) is 0 Å². The Hall–Kier alpha value is -3.06. The van der Waals surface area contributed by atoms with Gasteiger partial charge < -0.3 is 64.0 Å². The Kier molecular flexibility index (Phi) is 8.53. The van der Waals surface area contributed by atoms with E-state index in [1.165, 1.54) is 47.1 Å². The van der Waals surface area contributed by atoms with E-state index in [9.17, 15) is 40.2 Å². The Balaban J connectivity index is 1.37. The lowest BCUT2D eigenvalue weighted by molar-refractivity contribution is -0.345. The van der Waals surface area contributed by atoms with Crippen LogP contribution in [0.5, 0.6) is 11.5 Å². The first-order valence-electron chi connectivity index (χ1n) is 16.8. The van der Waals surface area contributed by atoms with E-state index in [-0.39, 0.29) is 45.6 Å². The fraction of sp³-hybridized carbons (Fsp3) is 0.611. The van der Waals surface area contributed by atoms with Crippen LogP contribution < -0.4 is 4.74 Å². The van der Waals surface area contributed by atoms with E-state index in [0.717, 1.165) is 0 Å². The number of carbonyl (C=O) groups is 2. The SMILES string of the molecule is CO[C@@H]1[C@H](O[C@@H]2c3c(cc4c(c3O)C(=O)c3c(ccc5c3O[C@H]3O[C@]5(C)[C@@H](O)[C@@H](N(C)C)[C@@H]3O)C4=O)C[C@@](C)(O)[C@@H]2OC)O[C@@H](C)[C@@H](O)[C@@]1(C)O. The molecule has 5 aliphatic rings. The summed E-state index contributed by atoms with van der Waals surface area (Å²) in [4.78, 5) is 30.5. The fourth-order valence-electron chi connectivity index (χ4n) is 8.82. The molecule has 6 N–H and O–H groups in total. The van der Waals surface area contributed by atoms with Gasteiger partial charge in [-0.2, -0.15) is 0 Å². The first-order chi connectivity index (χ1) is 23.8. The van der Waals surface area contributed by atoms with Crippen molar-refractivity contribution >= 4 is 11.6 Å². The van der Waals surface area contributed by atoms with Crippen molar-refractivity contribution in [3.63, 3.8) is 0 Å². The number of hydrogen-bond acceptors (Lipinski definition) is 15. The third-order valence-electron chi connectivity index (χ3n) is 11.5. The van der Waals surface area contributed by atoms with Crippen LogP contribution in [0, 0.1) is 0 Å². The molecule has 2 saturated heterocycles. The number of aliphatic hydroxyl groups excluding tert-OH is 3. The number of methoxy groups -OCH3 is 2. The molecule has 0 aromatic heterocycles. The van der Waals surface area contributed by atoms with Gasteiger partial charge >= 0.3 is 0 Å². The molecule has 2 bridgehead atoms. The standard InChI is InChI=1S/C36H45NO14/c1-13-28(42)35(3,45)31(47-8)33(48-13)50-27-18-14(12-34(2,44)30(27)46-7)11-16-19(23(18)39)24(40)20-15(22(16)38)9-10-17-26(20)49-32-25(41)21(37(5)6)29(43)36(17,4)51-32/h9-11,13,21,25,27-33,39,41-45H,12H2,1-8H3/t13-,21-,25-,27+,28+,29-,30+,31+,32-,33-,34+,35+,36-/m0/s1. The topological polar surface area (TPSA) is 214 Å². The van der Waals surface area contributed by atoms with Gasteiger partial charge in [-0.25, -0.2) is 0 Å². The number of benzene rings is 2. The average molecular weight is 716 g/mol. The summed E-state index contributed by atoms with van der Waals surface area (Å²) in [6.07, 6.45) is -11.4. The van der Waals surface area contributed by atoms with Crippen LogP contribution in [0.1, 0.15) is 82.3 Å². The molecule has 2 aromatic carbocycles. The van der Waals surface area contributed by atoms with Gasteiger partial charge in [0.05, 0.1) is 28.9 Å². The highest BCUT2D eigenvalue weighted by Crippen LogP contribution is 2.53. The average Bonchev–Trinajstić information content (AvgIpc) is 3.04. The molecule has 3 aliphatic heterocycles. The van der Waals surface area contributed by atoms with Crippen LogP contribution in [0.4, 0.5) is 0 Å². The number of nitrogens with zero attached hydrogens (tertiary/aromatic N) is 1. The molecular weight excluding hydrogens is 670 g/mol. The molecule has 13 atom stereocenters. The minimum Gasteiger partial charge on any atom is -0.507 e. The van der Waals surface area contributed by atoms with Gasteiger partial charge in [-0.1, -0.05) is 6.07 Å². The largest absolute Gasteiger partial charge is 0.507 e. The van der Waals surface area contributed by atoms with Crippen LogP contribution in [0.2, 0.25) is 0 Å². The summed E-state index contributed by atoms with van der Waals surface area (Å²) in [5.74, 6) is -2.01. The summed E-state index contributed by atoms with van der Waals surface area (Å²) in [6.45, 7) is 6.03. The van der Waals surface area contributed by atoms with Crippen molar-refractivity contribution in [2.24, 2.45) is 0 Å². The van der Waals surface area contributed by atoms with Gasteiger partial charge in [-0.3, -0.25) is 9.59 Å². The van der Waals surface area contributed by atoms with E-state index in [1.807, 2.05) is 0 Å². The van der Waals surface area contributed by atoms with Crippen molar-refractivity contribution in [2.45, 2.75) is 112 Å². The van der Waals surface area contributed by atoms with E-state index in [0.29, 0.717) is 5.56 Å². The lowest BCUT2D eigenvalue weighted by Gasteiger charge is -2.53. The molecule has 15 nitrogen and oxygen atoms in total. The molecule has 3 heterocycles. The first kappa shape index (κ1) is 36.3. The predicted molar refractivity (Wildman–Crippen MR) is 174 cm³/mol. The van der Waals surface area contributed by atoms with Crippen LogP contribution in [0.25, 0.3) is 0 Å². The highest BCUT2D eigenvalue weighted by Gasteiger charge is 2.59. The third-order valence-corrected chi connectivity index (χ3v) is 11.5. The Morgan fingerprint density at radius 3 is 2.22 bits per heavy atom. The van der Waals surface area contributed by atoms with Crippen molar-refractivity contribution in [2.75, 3.05) is 28.3 Å². The molecular formula is C36H45NO14. The number of phenolic OH excluding ortho intramolecular Hbond substituents is 1. The molecule has 2 fully saturated rings. The van der Waals surface area contributed by atoms with Crippen LogP contribution >= 0.6 is 0 Å². The third kappa shape index (κ3) is 4.98. The number of likely N-dealkylation sites (N-methyl/N-ethyl adjacent to an activating group) is 1. The normalized spacial score (nSPS) is 41.4. The molecule has 2 aromatic rings. The summed E-state index contributed by atoms with van der Waals surface area (Å²) >= 11 is 0. The Labute approximate surface area is 294 Å². The molecule has 278 valence electrons. The summed E-state index contributed by atoms with van der Waals surface area (Å²) in [5.41, 5.74) is -4.90. The Morgan fingerprint density at radius 1 is 0.922 bits per heavy atom. The van der Waals surface area contributed by atoms with E-state index in [1.54, 1.807) is 32.0 Å². The minimum atomic E-state index is -1.84. The number of fused-ring (bicyclic) bond motifs is 8. The van der Waals surface area contributed by atoms with Gasteiger partial charge in [0.1, 0.15) is 59.3 Å². The fourth-order valence-corrected chi connectivity index (χ4v) is 8.82. The maximum absolute atomic E-state index is 14.6. The van der Waals surface area contributed by atoms with Crippen LogP contribution in [0.3, 0.4) is 0 Å². The number of ketones is 2. The summed E-state index contributed by atoms with van der Waals surface area (Å²) in [5, 5.41) is 68.2. The van der Waals surface area contributed by atoms with Crippen molar-refractivity contribution in [3.05, 3.63) is 57.1 Å². The summed E-state index contributed by atoms with van der Waals surface area (Å²) < 4.78 is 35.7.